The third kappa shape index (κ3) is 3.80. The van der Waals surface area contributed by atoms with Crippen LogP contribution in [0.5, 0.6) is 5.88 Å². The summed E-state index contributed by atoms with van der Waals surface area (Å²) in [5.74, 6) is 1.86. The Kier molecular flexibility index (Phi) is 4.75. The van der Waals surface area contributed by atoms with E-state index in [1.54, 1.807) is 13.1 Å². The number of nitrogens with zero attached hydrogens (tertiary/aromatic N) is 1. The number of carbonyl (C=O) groups excluding carboxylic acids is 1. The van der Waals surface area contributed by atoms with Gasteiger partial charge in [0.15, 0.2) is 0 Å². The predicted octanol–water partition coefficient (Wildman–Crippen LogP) is 3.62. The molecule has 0 aromatic carbocycles. The van der Waals surface area contributed by atoms with Gasteiger partial charge in [-0.1, -0.05) is 0 Å². The molecule has 3 nitrogen and oxygen atoms in total. The summed E-state index contributed by atoms with van der Waals surface area (Å²) in [5.41, 5.74) is 0. The van der Waals surface area contributed by atoms with Gasteiger partial charge in [0.25, 0.3) is 0 Å². The molecule has 0 N–H and O–H groups in total. The first-order valence-corrected chi connectivity index (χ1v) is 7.19. The summed E-state index contributed by atoms with van der Waals surface area (Å²) < 4.78 is 6.63. The Bertz CT molecular complexity index is 397. The Morgan fingerprint density at radius 3 is 2.67 bits per heavy atom. The van der Waals surface area contributed by atoms with E-state index in [2.05, 4.69) is 20.9 Å². The number of hydrogen-bond acceptors (Lipinski definition) is 3. The Labute approximate surface area is 116 Å². The van der Waals surface area contributed by atoms with Crippen molar-refractivity contribution in [2.75, 3.05) is 6.61 Å². The number of ether oxygens (including phenoxy) is 1. The monoisotopic (exact) mass is 311 g/mol. The van der Waals surface area contributed by atoms with Crippen molar-refractivity contribution in [1.29, 1.82) is 0 Å². The van der Waals surface area contributed by atoms with Crippen molar-refractivity contribution >= 4 is 21.7 Å². The summed E-state index contributed by atoms with van der Waals surface area (Å²) in [5, 5.41) is 0. The van der Waals surface area contributed by atoms with Crippen LogP contribution < -0.4 is 4.74 Å². The van der Waals surface area contributed by atoms with Crippen LogP contribution in [0.3, 0.4) is 0 Å². The zero-order chi connectivity index (χ0) is 13.0. The van der Waals surface area contributed by atoms with E-state index >= 15 is 0 Å². The van der Waals surface area contributed by atoms with Crippen LogP contribution >= 0.6 is 15.9 Å². The smallest absolute Gasteiger partial charge is 0.213 e. The van der Waals surface area contributed by atoms with E-state index in [1.807, 2.05) is 12.1 Å². The lowest BCUT2D eigenvalue weighted by atomic mass is 9.81. The first-order valence-electron chi connectivity index (χ1n) is 6.40. The molecule has 98 valence electrons. The van der Waals surface area contributed by atoms with Gasteiger partial charge in [-0.3, -0.25) is 4.79 Å². The summed E-state index contributed by atoms with van der Waals surface area (Å²) in [6.45, 7) is 2.41. The number of Topliss-reactive ketones (excluding diaryl/α,β-unsaturated/α-hetero) is 1. The summed E-state index contributed by atoms with van der Waals surface area (Å²) in [4.78, 5) is 15.5. The Morgan fingerprint density at radius 1 is 1.39 bits per heavy atom. The zero-order valence-electron chi connectivity index (χ0n) is 10.6. The van der Waals surface area contributed by atoms with Gasteiger partial charge in [0, 0.05) is 22.7 Å². The normalized spacial score (nSPS) is 23.7. The molecular weight excluding hydrogens is 294 g/mol. The fourth-order valence-electron chi connectivity index (χ4n) is 2.39. The maximum Gasteiger partial charge on any atom is 0.213 e. The van der Waals surface area contributed by atoms with Crippen LogP contribution in [0.25, 0.3) is 0 Å². The van der Waals surface area contributed by atoms with Crippen LogP contribution in [0.4, 0.5) is 0 Å². The van der Waals surface area contributed by atoms with Gasteiger partial charge in [0.2, 0.25) is 5.88 Å². The second-order valence-corrected chi connectivity index (χ2v) is 5.87. The average molecular weight is 312 g/mol. The van der Waals surface area contributed by atoms with Crippen molar-refractivity contribution in [3.8, 4) is 5.88 Å². The van der Waals surface area contributed by atoms with Gasteiger partial charge in [-0.15, -0.1) is 0 Å². The molecule has 0 spiro atoms. The lowest BCUT2D eigenvalue weighted by molar-refractivity contribution is -0.121. The van der Waals surface area contributed by atoms with Gasteiger partial charge in [-0.2, -0.15) is 0 Å². The second-order valence-electron chi connectivity index (χ2n) is 4.95. The molecule has 0 bridgehead atoms. The fraction of sp³-hybridized carbons (Fsp3) is 0.571. The molecule has 1 aliphatic carbocycles. The van der Waals surface area contributed by atoms with E-state index in [4.69, 9.17) is 4.74 Å². The number of ketones is 1. The molecule has 1 heterocycles. The zero-order valence-corrected chi connectivity index (χ0v) is 12.1. The van der Waals surface area contributed by atoms with E-state index < -0.39 is 0 Å². The topological polar surface area (TPSA) is 39.2 Å². The highest BCUT2D eigenvalue weighted by atomic mass is 79.9. The Morgan fingerprint density at radius 2 is 2.11 bits per heavy atom. The first-order chi connectivity index (χ1) is 8.65. The third-order valence-electron chi connectivity index (χ3n) is 3.59. The number of aromatic nitrogens is 1. The molecule has 0 saturated heterocycles. The number of rotatable bonds is 4. The molecule has 18 heavy (non-hydrogen) atoms. The van der Waals surface area contributed by atoms with Crippen molar-refractivity contribution in [2.45, 2.75) is 32.6 Å². The molecule has 1 fully saturated rings. The number of carbonyl (C=O) groups is 1. The van der Waals surface area contributed by atoms with Gasteiger partial charge in [0.1, 0.15) is 5.78 Å². The van der Waals surface area contributed by atoms with E-state index in [1.165, 1.54) is 0 Å². The molecule has 0 aliphatic heterocycles. The summed E-state index contributed by atoms with van der Waals surface area (Å²) in [6, 6.07) is 3.79. The van der Waals surface area contributed by atoms with E-state index in [9.17, 15) is 4.79 Å². The van der Waals surface area contributed by atoms with Crippen LogP contribution in [-0.2, 0) is 4.79 Å². The lowest BCUT2D eigenvalue weighted by Crippen LogP contribution is -2.23. The highest BCUT2D eigenvalue weighted by Gasteiger charge is 2.24. The summed E-state index contributed by atoms with van der Waals surface area (Å²) in [7, 11) is 0. The van der Waals surface area contributed by atoms with Crippen molar-refractivity contribution < 1.29 is 9.53 Å². The minimum absolute atomic E-state index is 0.284. The minimum atomic E-state index is 0.284. The SMILES string of the molecule is CC(=O)C1CCC(COc2ccc(Br)cn2)CC1. The lowest BCUT2D eigenvalue weighted by Gasteiger charge is -2.26. The number of hydrogen-bond donors (Lipinski definition) is 0. The first kappa shape index (κ1) is 13.5. The van der Waals surface area contributed by atoms with Crippen LogP contribution in [0, 0.1) is 11.8 Å². The molecule has 0 atom stereocenters. The van der Waals surface area contributed by atoms with Crippen molar-refractivity contribution in [1.82, 2.24) is 4.98 Å². The van der Waals surface area contributed by atoms with Crippen molar-refractivity contribution in [3.05, 3.63) is 22.8 Å². The van der Waals surface area contributed by atoms with E-state index in [0.717, 1.165) is 30.2 Å². The highest BCUT2D eigenvalue weighted by molar-refractivity contribution is 9.10. The maximum absolute atomic E-state index is 11.3. The maximum atomic E-state index is 11.3. The largest absolute Gasteiger partial charge is 0.477 e. The molecule has 1 saturated carbocycles. The van der Waals surface area contributed by atoms with Gasteiger partial charge < -0.3 is 4.74 Å². The van der Waals surface area contributed by atoms with Gasteiger partial charge in [-0.25, -0.2) is 4.98 Å². The van der Waals surface area contributed by atoms with Crippen LogP contribution in [-0.4, -0.2) is 17.4 Å². The van der Waals surface area contributed by atoms with Crippen LogP contribution in [0.1, 0.15) is 32.6 Å². The molecule has 1 aromatic heterocycles. The molecular formula is C14H18BrNO2. The molecule has 0 radical (unpaired) electrons. The van der Waals surface area contributed by atoms with Crippen molar-refractivity contribution in [3.63, 3.8) is 0 Å². The number of halogens is 1. The Balaban J connectivity index is 1.75. The third-order valence-corrected chi connectivity index (χ3v) is 4.06. The molecule has 0 unspecified atom stereocenters. The highest BCUT2D eigenvalue weighted by Crippen LogP contribution is 2.29. The van der Waals surface area contributed by atoms with Gasteiger partial charge in [-0.05, 0) is 60.5 Å². The van der Waals surface area contributed by atoms with Crippen molar-refractivity contribution in [2.24, 2.45) is 11.8 Å². The fourth-order valence-corrected chi connectivity index (χ4v) is 2.62. The van der Waals surface area contributed by atoms with Crippen LogP contribution in [0.2, 0.25) is 0 Å². The predicted molar refractivity (Wildman–Crippen MR) is 73.6 cm³/mol. The number of pyridine rings is 1. The summed E-state index contributed by atoms with van der Waals surface area (Å²) >= 11 is 3.34. The van der Waals surface area contributed by atoms with Gasteiger partial charge >= 0.3 is 0 Å². The Hall–Kier alpha value is -0.900. The average Bonchev–Trinajstić information content (AvgIpc) is 2.38. The standard InChI is InChI=1S/C14H18BrNO2/c1-10(17)12-4-2-11(3-5-12)9-18-14-7-6-13(15)8-16-14/h6-8,11-12H,2-5,9H2,1H3. The van der Waals surface area contributed by atoms with Gasteiger partial charge in [0.05, 0.1) is 6.61 Å². The molecule has 4 heteroatoms. The minimum Gasteiger partial charge on any atom is -0.477 e. The summed E-state index contributed by atoms with van der Waals surface area (Å²) in [6.07, 6.45) is 5.93. The van der Waals surface area contributed by atoms with E-state index in [0.29, 0.717) is 24.2 Å². The molecule has 1 aromatic rings. The molecule has 1 aliphatic rings. The molecule has 0 amide bonds. The second kappa shape index (κ2) is 6.32. The quantitative estimate of drug-likeness (QED) is 0.852. The molecule has 2 rings (SSSR count). The van der Waals surface area contributed by atoms with E-state index in [-0.39, 0.29) is 5.92 Å². The van der Waals surface area contributed by atoms with Crippen LogP contribution in [0.15, 0.2) is 22.8 Å².